The minimum atomic E-state index is -4.43. The number of amides is 1. The van der Waals surface area contributed by atoms with E-state index in [1.54, 1.807) is 0 Å². The molecule has 0 bridgehead atoms. The number of halogens is 3. The van der Waals surface area contributed by atoms with Gasteiger partial charge in [0.05, 0.1) is 23.8 Å². The Labute approximate surface area is 158 Å². The summed E-state index contributed by atoms with van der Waals surface area (Å²) < 4.78 is 46.9. The third kappa shape index (κ3) is 5.83. The van der Waals surface area contributed by atoms with E-state index in [9.17, 15) is 27.6 Å². The molecule has 1 N–H and O–H groups in total. The maximum atomic E-state index is 12.5. The Morgan fingerprint density at radius 1 is 0.964 bits per heavy atom. The lowest BCUT2D eigenvalue weighted by atomic mass is 10.1. The zero-order valence-electron chi connectivity index (χ0n) is 14.7. The number of carbonyl (C=O) groups is 3. The fourth-order valence-corrected chi connectivity index (χ4v) is 2.17. The molecule has 1 amide bonds. The van der Waals surface area contributed by atoms with E-state index in [1.165, 1.54) is 43.5 Å². The number of alkyl halides is 3. The fraction of sp³-hybridized carbons (Fsp3) is 0.211. The van der Waals surface area contributed by atoms with Gasteiger partial charge in [-0.05, 0) is 35.9 Å². The Kier molecular flexibility index (Phi) is 6.75. The predicted octanol–water partition coefficient (Wildman–Crippen LogP) is 2.97. The number of ether oxygens (including phenoxy) is 2. The molecule has 0 saturated carbocycles. The smallest absolute Gasteiger partial charge is 0.416 e. The van der Waals surface area contributed by atoms with Crippen molar-refractivity contribution in [3.8, 4) is 0 Å². The number of carbonyl (C=O) groups excluding carboxylic acids is 3. The second-order valence-electron chi connectivity index (χ2n) is 5.62. The lowest BCUT2D eigenvalue weighted by Gasteiger charge is -2.09. The summed E-state index contributed by atoms with van der Waals surface area (Å²) in [5.41, 5.74) is -0.105. The third-order valence-corrected chi connectivity index (χ3v) is 3.62. The first-order chi connectivity index (χ1) is 13.2. The Morgan fingerprint density at radius 3 is 2.14 bits per heavy atom. The highest BCUT2D eigenvalue weighted by Crippen LogP contribution is 2.29. The Balaban J connectivity index is 1.84. The summed E-state index contributed by atoms with van der Waals surface area (Å²) in [5, 5.41) is 2.43. The monoisotopic (exact) mass is 395 g/mol. The second kappa shape index (κ2) is 9.03. The molecule has 0 aliphatic rings. The van der Waals surface area contributed by atoms with E-state index in [2.05, 4.69) is 10.1 Å². The zero-order chi connectivity index (χ0) is 20.7. The molecule has 0 spiro atoms. The van der Waals surface area contributed by atoms with Gasteiger partial charge < -0.3 is 14.8 Å². The third-order valence-electron chi connectivity index (χ3n) is 3.62. The van der Waals surface area contributed by atoms with Crippen molar-refractivity contribution in [2.75, 3.05) is 13.7 Å². The van der Waals surface area contributed by atoms with Crippen molar-refractivity contribution in [2.45, 2.75) is 12.7 Å². The van der Waals surface area contributed by atoms with Crippen LogP contribution in [0.3, 0.4) is 0 Å². The molecule has 0 unspecified atom stereocenters. The van der Waals surface area contributed by atoms with Crippen LogP contribution in [0.25, 0.3) is 0 Å². The number of nitrogens with one attached hydrogen (secondary N) is 1. The Hall–Kier alpha value is -3.36. The zero-order valence-corrected chi connectivity index (χ0v) is 14.7. The van der Waals surface area contributed by atoms with E-state index < -0.39 is 36.2 Å². The van der Waals surface area contributed by atoms with Gasteiger partial charge in [-0.25, -0.2) is 9.59 Å². The minimum absolute atomic E-state index is 0.0215. The maximum absolute atomic E-state index is 12.5. The molecule has 0 saturated heterocycles. The molecule has 28 heavy (non-hydrogen) atoms. The second-order valence-corrected chi connectivity index (χ2v) is 5.62. The van der Waals surface area contributed by atoms with Crippen molar-refractivity contribution >= 4 is 17.8 Å². The van der Waals surface area contributed by atoms with E-state index in [-0.39, 0.29) is 17.7 Å². The quantitative estimate of drug-likeness (QED) is 0.761. The van der Waals surface area contributed by atoms with E-state index >= 15 is 0 Å². The number of hydrogen-bond donors (Lipinski definition) is 1. The molecule has 148 valence electrons. The molecule has 0 heterocycles. The first-order valence-corrected chi connectivity index (χ1v) is 7.99. The van der Waals surface area contributed by atoms with E-state index in [4.69, 9.17) is 4.74 Å². The van der Waals surface area contributed by atoms with Gasteiger partial charge in [-0.15, -0.1) is 0 Å². The Morgan fingerprint density at radius 2 is 1.57 bits per heavy atom. The number of rotatable bonds is 6. The molecule has 0 aliphatic heterocycles. The number of hydrogen-bond acceptors (Lipinski definition) is 5. The van der Waals surface area contributed by atoms with Crippen LogP contribution in [-0.4, -0.2) is 31.6 Å². The van der Waals surface area contributed by atoms with Gasteiger partial charge in [0.15, 0.2) is 6.61 Å². The van der Waals surface area contributed by atoms with Gasteiger partial charge >= 0.3 is 18.1 Å². The van der Waals surface area contributed by atoms with Crippen molar-refractivity contribution in [3.63, 3.8) is 0 Å². The van der Waals surface area contributed by atoms with E-state index in [1.807, 2.05) is 0 Å². The normalized spacial score (nSPS) is 10.9. The van der Waals surface area contributed by atoms with Gasteiger partial charge in [0, 0.05) is 6.54 Å². The molecule has 2 aromatic carbocycles. The van der Waals surface area contributed by atoms with Crippen LogP contribution in [-0.2, 0) is 27.0 Å². The molecule has 2 aromatic rings. The van der Waals surface area contributed by atoms with Gasteiger partial charge in [-0.2, -0.15) is 13.2 Å². The van der Waals surface area contributed by atoms with Gasteiger partial charge in [0.1, 0.15) is 0 Å². The van der Waals surface area contributed by atoms with Crippen LogP contribution < -0.4 is 5.32 Å². The minimum Gasteiger partial charge on any atom is -0.465 e. The van der Waals surface area contributed by atoms with Gasteiger partial charge in [0.2, 0.25) is 0 Å². The molecule has 0 aromatic heterocycles. The summed E-state index contributed by atoms with van der Waals surface area (Å²) in [7, 11) is 1.20. The first-order valence-electron chi connectivity index (χ1n) is 7.99. The molecule has 0 atom stereocenters. The molecule has 0 fully saturated rings. The van der Waals surface area contributed by atoms with Crippen LogP contribution in [0.15, 0.2) is 48.5 Å². The summed E-state index contributed by atoms with van der Waals surface area (Å²) in [5.74, 6) is -2.06. The van der Waals surface area contributed by atoms with Crippen molar-refractivity contribution in [2.24, 2.45) is 0 Å². The predicted molar refractivity (Wildman–Crippen MR) is 91.4 cm³/mol. The van der Waals surface area contributed by atoms with E-state index in [0.29, 0.717) is 5.56 Å². The standard InChI is InChI=1S/C19H16F3NO5/c1-27-17(25)13-3-2-4-14(9-13)18(26)28-11-16(24)23-10-12-5-7-15(8-6-12)19(20,21)22/h2-9H,10-11H2,1H3,(H,23,24). The SMILES string of the molecule is COC(=O)c1cccc(C(=O)OCC(=O)NCc2ccc(C(F)(F)F)cc2)c1. The fourth-order valence-electron chi connectivity index (χ4n) is 2.17. The van der Waals surface area contributed by atoms with Gasteiger partial charge in [-0.1, -0.05) is 18.2 Å². The van der Waals surface area contributed by atoms with Crippen molar-refractivity contribution < 1.29 is 37.0 Å². The molecule has 6 nitrogen and oxygen atoms in total. The van der Waals surface area contributed by atoms with Crippen LogP contribution in [0.2, 0.25) is 0 Å². The highest BCUT2D eigenvalue weighted by molar-refractivity contribution is 5.96. The average Bonchev–Trinajstić information content (AvgIpc) is 2.69. The molecular formula is C19H16F3NO5. The first kappa shape index (κ1) is 20.9. The van der Waals surface area contributed by atoms with Crippen molar-refractivity contribution in [1.82, 2.24) is 5.32 Å². The lowest BCUT2D eigenvalue weighted by molar-refractivity contribution is -0.137. The number of benzene rings is 2. The summed E-state index contributed by atoms with van der Waals surface area (Å²) in [6, 6.07) is 9.92. The van der Waals surface area contributed by atoms with Gasteiger partial charge in [-0.3, -0.25) is 4.79 Å². The number of methoxy groups -OCH3 is 1. The van der Waals surface area contributed by atoms with Crippen molar-refractivity contribution in [1.29, 1.82) is 0 Å². The van der Waals surface area contributed by atoms with Crippen LogP contribution >= 0.6 is 0 Å². The van der Waals surface area contributed by atoms with Crippen molar-refractivity contribution in [3.05, 3.63) is 70.8 Å². The van der Waals surface area contributed by atoms with Crippen LogP contribution in [0.1, 0.15) is 31.8 Å². The molecule has 0 aliphatic carbocycles. The number of esters is 2. The molecular weight excluding hydrogens is 379 g/mol. The summed E-state index contributed by atoms with van der Waals surface area (Å²) >= 11 is 0. The van der Waals surface area contributed by atoms with Crippen LogP contribution in [0.4, 0.5) is 13.2 Å². The summed E-state index contributed by atoms with van der Waals surface area (Å²) in [4.78, 5) is 35.2. The lowest BCUT2D eigenvalue weighted by Crippen LogP contribution is -2.28. The average molecular weight is 395 g/mol. The maximum Gasteiger partial charge on any atom is 0.416 e. The topological polar surface area (TPSA) is 81.7 Å². The molecule has 9 heteroatoms. The van der Waals surface area contributed by atoms with Crippen LogP contribution in [0, 0.1) is 0 Å². The summed E-state index contributed by atoms with van der Waals surface area (Å²) in [6.07, 6.45) is -4.43. The highest BCUT2D eigenvalue weighted by Gasteiger charge is 2.29. The largest absolute Gasteiger partial charge is 0.465 e. The van der Waals surface area contributed by atoms with E-state index in [0.717, 1.165) is 12.1 Å². The van der Waals surface area contributed by atoms with Gasteiger partial charge in [0.25, 0.3) is 5.91 Å². The molecule has 0 radical (unpaired) electrons. The highest BCUT2D eigenvalue weighted by atomic mass is 19.4. The van der Waals surface area contributed by atoms with Crippen LogP contribution in [0.5, 0.6) is 0 Å². The summed E-state index contributed by atoms with van der Waals surface area (Å²) in [6.45, 7) is -0.603. The molecule has 2 rings (SSSR count). The Bertz CT molecular complexity index is 863.